The van der Waals surface area contributed by atoms with Crippen LogP contribution in [0.25, 0.3) is 0 Å². The highest BCUT2D eigenvalue weighted by molar-refractivity contribution is 6.03. The molecule has 0 bridgehead atoms. The molecule has 3 heteroatoms. The SMILES string of the molecule is COc1cc(C)c(C(=O)C(C)(C)CN)c(C)c1C. The predicted octanol–water partition coefficient (Wildman–Crippen LogP) is 2.79. The van der Waals surface area contributed by atoms with E-state index in [1.165, 1.54) is 0 Å². The lowest BCUT2D eigenvalue weighted by Crippen LogP contribution is -2.33. The quantitative estimate of drug-likeness (QED) is 0.835. The first-order chi connectivity index (χ1) is 8.26. The molecule has 0 radical (unpaired) electrons. The standard InChI is InChI=1S/C15H23NO2/c1-9-7-12(18-6)10(2)11(3)13(9)14(17)15(4,5)8-16/h7H,8,16H2,1-6H3. The normalized spacial score (nSPS) is 11.5. The third-order valence-corrected chi connectivity index (χ3v) is 3.62. The number of Topliss-reactive ketones (excluding diaryl/α,β-unsaturated/α-hetero) is 1. The average molecular weight is 249 g/mol. The second-order valence-corrected chi connectivity index (χ2v) is 5.44. The molecule has 100 valence electrons. The van der Waals surface area contributed by atoms with E-state index in [1.54, 1.807) is 7.11 Å². The first-order valence-electron chi connectivity index (χ1n) is 6.16. The van der Waals surface area contributed by atoms with Crippen LogP contribution in [0, 0.1) is 26.2 Å². The fourth-order valence-electron chi connectivity index (χ4n) is 2.04. The van der Waals surface area contributed by atoms with Crippen LogP contribution >= 0.6 is 0 Å². The summed E-state index contributed by atoms with van der Waals surface area (Å²) in [6, 6.07) is 1.92. The monoisotopic (exact) mass is 249 g/mol. The molecule has 0 aliphatic carbocycles. The van der Waals surface area contributed by atoms with Crippen molar-refractivity contribution in [3.8, 4) is 5.75 Å². The Kier molecular flexibility index (Phi) is 4.17. The van der Waals surface area contributed by atoms with Gasteiger partial charge in [-0.2, -0.15) is 0 Å². The third-order valence-electron chi connectivity index (χ3n) is 3.62. The van der Waals surface area contributed by atoms with Crippen LogP contribution in [0.2, 0.25) is 0 Å². The number of aryl methyl sites for hydroxylation is 1. The number of carbonyl (C=O) groups is 1. The molecule has 0 aliphatic heterocycles. The third kappa shape index (κ3) is 2.41. The number of methoxy groups -OCH3 is 1. The Morgan fingerprint density at radius 2 is 1.83 bits per heavy atom. The van der Waals surface area contributed by atoms with E-state index in [0.29, 0.717) is 6.54 Å². The lowest BCUT2D eigenvalue weighted by Gasteiger charge is -2.24. The lowest BCUT2D eigenvalue weighted by atomic mass is 9.80. The highest BCUT2D eigenvalue weighted by Gasteiger charge is 2.30. The molecule has 0 heterocycles. The van der Waals surface area contributed by atoms with Gasteiger partial charge in [0.05, 0.1) is 7.11 Å². The molecule has 1 rings (SSSR count). The number of benzene rings is 1. The molecule has 1 aromatic rings. The van der Waals surface area contributed by atoms with Crippen LogP contribution in [0.4, 0.5) is 0 Å². The van der Waals surface area contributed by atoms with Crippen LogP contribution in [0.15, 0.2) is 6.07 Å². The first kappa shape index (κ1) is 14.7. The zero-order valence-electron chi connectivity index (χ0n) is 12.2. The van der Waals surface area contributed by atoms with Crippen LogP contribution in [-0.2, 0) is 0 Å². The van der Waals surface area contributed by atoms with Crippen molar-refractivity contribution >= 4 is 5.78 Å². The molecule has 0 amide bonds. The Balaban J connectivity index is 3.44. The minimum absolute atomic E-state index is 0.103. The molecule has 3 nitrogen and oxygen atoms in total. The van der Waals surface area contributed by atoms with Crippen molar-refractivity contribution in [1.29, 1.82) is 0 Å². The highest BCUT2D eigenvalue weighted by Crippen LogP contribution is 2.31. The average Bonchev–Trinajstić information content (AvgIpc) is 2.33. The van der Waals surface area contributed by atoms with Gasteiger partial charge in [-0.15, -0.1) is 0 Å². The highest BCUT2D eigenvalue weighted by atomic mass is 16.5. The summed E-state index contributed by atoms with van der Waals surface area (Å²) in [5.41, 5.74) is 8.89. The molecule has 0 aromatic heterocycles. The molecule has 0 spiro atoms. The maximum atomic E-state index is 12.6. The molecule has 0 fully saturated rings. The van der Waals surface area contributed by atoms with Crippen LogP contribution in [0.5, 0.6) is 5.75 Å². The Morgan fingerprint density at radius 1 is 1.28 bits per heavy atom. The van der Waals surface area contributed by atoms with Crippen molar-refractivity contribution in [2.75, 3.05) is 13.7 Å². The van der Waals surface area contributed by atoms with Crippen molar-refractivity contribution in [2.45, 2.75) is 34.6 Å². The summed E-state index contributed by atoms with van der Waals surface area (Å²) < 4.78 is 5.32. The largest absolute Gasteiger partial charge is 0.496 e. The summed E-state index contributed by atoms with van der Waals surface area (Å²) in [7, 11) is 1.65. The van der Waals surface area contributed by atoms with Crippen molar-refractivity contribution in [3.05, 3.63) is 28.3 Å². The molecular formula is C15H23NO2. The molecule has 2 N–H and O–H groups in total. The van der Waals surface area contributed by atoms with E-state index in [4.69, 9.17) is 10.5 Å². The molecule has 0 unspecified atom stereocenters. The van der Waals surface area contributed by atoms with Gasteiger partial charge in [-0.05, 0) is 43.5 Å². The van der Waals surface area contributed by atoms with E-state index in [1.807, 2.05) is 40.7 Å². The summed E-state index contributed by atoms with van der Waals surface area (Å²) >= 11 is 0. The molecule has 18 heavy (non-hydrogen) atoms. The van der Waals surface area contributed by atoms with Gasteiger partial charge in [-0.1, -0.05) is 13.8 Å². The molecule has 0 aliphatic rings. The van der Waals surface area contributed by atoms with Gasteiger partial charge in [0.25, 0.3) is 0 Å². The van der Waals surface area contributed by atoms with Gasteiger partial charge >= 0.3 is 0 Å². The Labute approximate surface area is 109 Å². The van der Waals surface area contributed by atoms with Crippen LogP contribution < -0.4 is 10.5 Å². The summed E-state index contributed by atoms with van der Waals surface area (Å²) in [6.45, 7) is 9.98. The van der Waals surface area contributed by atoms with Gasteiger partial charge in [-0.25, -0.2) is 0 Å². The Morgan fingerprint density at radius 3 is 2.28 bits per heavy atom. The minimum atomic E-state index is -0.531. The van der Waals surface area contributed by atoms with Crippen LogP contribution in [0.1, 0.15) is 40.9 Å². The topological polar surface area (TPSA) is 52.3 Å². The van der Waals surface area contributed by atoms with Crippen molar-refractivity contribution < 1.29 is 9.53 Å². The maximum Gasteiger partial charge on any atom is 0.170 e. The van der Waals surface area contributed by atoms with Crippen molar-refractivity contribution in [3.63, 3.8) is 0 Å². The summed E-state index contributed by atoms with van der Waals surface area (Å²) in [4.78, 5) is 12.6. The first-order valence-corrected chi connectivity index (χ1v) is 6.16. The molecule has 1 aromatic carbocycles. The minimum Gasteiger partial charge on any atom is -0.496 e. The van der Waals surface area contributed by atoms with Gasteiger partial charge in [0.2, 0.25) is 0 Å². The van der Waals surface area contributed by atoms with Gasteiger partial charge in [0.15, 0.2) is 5.78 Å². The smallest absolute Gasteiger partial charge is 0.170 e. The fraction of sp³-hybridized carbons (Fsp3) is 0.533. The Hall–Kier alpha value is -1.35. The van der Waals surface area contributed by atoms with Crippen molar-refractivity contribution in [1.82, 2.24) is 0 Å². The Bertz CT molecular complexity index is 476. The summed E-state index contributed by atoms with van der Waals surface area (Å²) in [5.74, 6) is 0.929. The van der Waals surface area contributed by atoms with E-state index in [2.05, 4.69) is 0 Å². The van der Waals surface area contributed by atoms with Gasteiger partial charge in [-0.3, -0.25) is 4.79 Å². The number of rotatable bonds is 4. The van der Waals surface area contributed by atoms with Crippen LogP contribution in [0.3, 0.4) is 0 Å². The summed E-state index contributed by atoms with van der Waals surface area (Å²) in [5, 5.41) is 0. The lowest BCUT2D eigenvalue weighted by molar-refractivity contribution is 0.0846. The zero-order valence-corrected chi connectivity index (χ0v) is 12.2. The van der Waals surface area contributed by atoms with Gasteiger partial charge < -0.3 is 10.5 Å². The molecule has 0 saturated heterocycles. The second-order valence-electron chi connectivity index (χ2n) is 5.44. The number of nitrogens with two attached hydrogens (primary N) is 1. The maximum absolute atomic E-state index is 12.6. The van der Waals surface area contributed by atoms with E-state index in [0.717, 1.165) is 28.0 Å². The molecular weight excluding hydrogens is 226 g/mol. The summed E-state index contributed by atoms with van der Waals surface area (Å²) in [6.07, 6.45) is 0. The molecule has 0 saturated carbocycles. The van der Waals surface area contributed by atoms with Crippen LogP contribution in [-0.4, -0.2) is 19.4 Å². The predicted molar refractivity (Wildman–Crippen MR) is 74.4 cm³/mol. The van der Waals surface area contributed by atoms with Gasteiger partial charge in [0, 0.05) is 17.5 Å². The van der Waals surface area contributed by atoms with Gasteiger partial charge in [0.1, 0.15) is 5.75 Å². The number of hydrogen-bond acceptors (Lipinski definition) is 3. The van der Waals surface area contributed by atoms with E-state index in [9.17, 15) is 4.79 Å². The molecule has 0 atom stereocenters. The number of ketones is 1. The zero-order chi connectivity index (χ0) is 14.1. The number of carbonyl (C=O) groups excluding carboxylic acids is 1. The number of hydrogen-bond donors (Lipinski definition) is 1. The van der Waals surface area contributed by atoms with E-state index in [-0.39, 0.29) is 5.78 Å². The van der Waals surface area contributed by atoms with E-state index >= 15 is 0 Å². The second kappa shape index (κ2) is 5.11. The van der Waals surface area contributed by atoms with E-state index < -0.39 is 5.41 Å². The fourth-order valence-corrected chi connectivity index (χ4v) is 2.04. The number of ether oxygens (including phenoxy) is 1. The van der Waals surface area contributed by atoms with Crippen molar-refractivity contribution in [2.24, 2.45) is 11.1 Å².